The van der Waals surface area contributed by atoms with Crippen LogP contribution in [-0.2, 0) is 6.54 Å². The van der Waals surface area contributed by atoms with Gasteiger partial charge in [0, 0.05) is 18.8 Å². The maximum atomic E-state index is 11.7. The minimum absolute atomic E-state index is 0.177. The van der Waals surface area contributed by atoms with E-state index >= 15 is 0 Å². The molecular formula is C10H19N5O2S. The van der Waals surface area contributed by atoms with Crippen LogP contribution in [-0.4, -0.2) is 56.7 Å². The van der Waals surface area contributed by atoms with Crippen LogP contribution in [0.5, 0.6) is 0 Å². The maximum Gasteiger partial charge on any atom is 0.273 e. The Morgan fingerprint density at radius 1 is 1.72 bits per heavy atom. The fraction of sp³-hybridized carbons (Fsp3) is 0.700. The van der Waals surface area contributed by atoms with Crippen LogP contribution in [0.3, 0.4) is 0 Å². The molecule has 0 spiro atoms. The van der Waals surface area contributed by atoms with Crippen molar-refractivity contribution in [3.63, 3.8) is 0 Å². The number of aromatic nitrogens is 3. The van der Waals surface area contributed by atoms with Gasteiger partial charge >= 0.3 is 0 Å². The summed E-state index contributed by atoms with van der Waals surface area (Å²) in [6.07, 6.45) is 3.43. The first-order valence-corrected chi connectivity index (χ1v) is 6.97. The molecule has 1 atom stereocenters. The van der Waals surface area contributed by atoms with Gasteiger partial charge in [-0.05, 0) is 13.2 Å². The zero-order valence-electron chi connectivity index (χ0n) is 10.6. The van der Waals surface area contributed by atoms with Crippen LogP contribution in [0.1, 0.15) is 17.4 Å². The fourth-order valence-corrected chi connectivity index (χ4v) is 2.09. The van der Waals surface area contributed by atoms with Crippen LogP contribution >= 0.6 is 11.8 Å². The molecule has 1 aromatic heterocycles. The van der Waals surface area contributed by atoms with Crippen LogP contribution in [0.4, 0.5) is 0 Å². The quantitative estimate of drug-likeness (QED) is 0.593. The zero-order valence-corrected chi connectivity index (χ0v) is 11.4. The lowest BCUT2D eigenvalue weighted by Crippen LogP contribution is -2.42. The summed E-state index contributed by atoms with van der Waals surface area (Å²) >= 11 is 1.52. The number of aliphatic hydroxyl groups is 1. The van der Waals surface area contributed by atoms with Gasteiger partial charge in [-0.15, -0.1) is 5.10 Å². The molecule has 0 saturated heterocycles. The predicted molar refractivity (Wildman–Crippen MR) is 70.4 cm³/mol. The summed E-state index contributed by atoms with van der Waals surface area (Å²) in [6, 6.07) is 0. The first kappa shape index (κ1) is 14.9. The minimum atomic E-state index is -0.928. The molecule has 0 aliphatic carbocycles. The third-order valence-electron chi connectivity index (χ3n) is 2.21. The number of nitrogens with one attached hydrogen (secondary N) is 1. The number of thioether (sulfide) groups is 1. The second-order valence-electron chi connectivity index (χ2n) is 4.27. The van der Waals surface area contributed by atoms with E-state index in [0.717, 1.165) is 0 Å². The predicted octanol–water partition coefficient (Wildman–Crippen LogP) is -0.919. The highest BCUT2D eigenvalue weighted by Crippen LogP contribution is 2.09. The van der Waals surface area contributed by atoms with Crippen LogP contribution in [0.2, 0.25) is 0 Å². The van der Waals surface area contributed by atoms with Crippen molar-refractivity contribution in [3.05, 3.63) is 11.9 Å². The van der Waals surface area contributed by atoms with E-state index in [4.69, 9.17) is 5.73 Å². The molecule has 0 bridgehead atoms. The Balaban J connectivity index is 2.49. The molecular weight excluding hydrogens is 254 g/mol. The normalized spacial score (nSPS) is 14.2. The molecule has 0 aliphatic heterocycles. The zero-order chi connectivity index (χ0) is 13.6. The van der Waals surface area contributed by atoms with Gasteiger partial charge in [-0.2, -0.15) is 11.8 Å². The van der Waals surface area contributed by atoms with E-state index in [1.165, 1.54) is 22.6 Å². The Bertz CT molecular complexity index is 393. The van der Waals surface area contributed by atoms with E-state index in [0.29, 0.717) is 18.8 Å². The van der Waals surface area contributed by atoms with Gasteiger partial charge in [0.1, 0.15) is 0 Å². The topological polar surface area (TPSA) is 106 Å². The molecule has 1 rings (SSSR count). The Morgan fingerprint density at radius 3 is 3.06 bits per heavy atom. The first-order chi connectivity index (χ1) is 8.48. The van der Waals surface area contributed by atoms with Gasteiger partial charge < -0.3 is 16.2 Å². The van der Waals surface area contributed by atoms with Gasteiger partial charge in [0.25, 0.3) is 5.91 Å². The smallest absolute Gasteiger partial charge is 0.273 e. The largest absolute Gasteiger partial charge is 0.387 e. The van der Waals surface area contributed by atoms with Crippen molar-refractivity contribution in [1.82, 2.24) is 20.3 Å². The Labute approximate surface area is 110 Å². The first-order valence-electron chi connectivity index (χ1n) is 5.58. The number of carbonyl (C=O) groups is 1. The molecule has 0 radical (unpaired) electrons. The van der Waals surface area contributed by atoms with E-state index in [-0.39, 0.29) is 18.1 Å². The van der Waals surface area contributed by atoms with Crippen LogP contribution < -0.4 is 11.1 Å². The molecule has 1 heterocycles. The van der Waals surface area contributed by atoms with E-state index in [2.05, 4.69) is 15.6 Å². The fourth-order valence-electron chi connectivity index (χ4n) is 1.37. The highest BCUT2D eigenvalue weighted by molar-refractivity contribution is 7.98. The minimum Gasteiger partial charge on any atom is -0.387 e. The summed E-state index contributed by atoms with van der Waals surface area (Å²) in [4.78, 5) is 11.7. The van der Waals surface area contributed by atoms with E-state index in [1.54, 1.807) is 6.92 Å². The molecule has 18 heavy (non-hydrogen) atoms. The standard InChI is InChI=1S/C10H19N5O2S/c1-10(17,7-18-2)6-12-9(16)8-5-15(4-3-11)14-13-8/h5,17H,3-4,6-7,11H2,1-2H3,(H,12,16). The lowest BCUT2D eigenvalue weighted by atomic mass is 10.1. The van der Waals surface area contributed by atoms with Crippen LogP contribution in [0.15, 0.2) is 6.20 Å². The summed E-state index contributed by atoms with van der Waals surface area (Å²) in [5.74, 6) is 0.201. The van der Waals surface area contributed by atoms with Crippen molar-refractivity contribution < 1.29 is 9.90 Å². The average Bonchev–Trinajstić information content (AvgIpc) is 2.75. The summed E-state index contributed by atoms with van der Waals surface area (Å²) in [5.41, 5.74) is 4.67. The van der Waals surface area contributed by atoms with Gasteiger partial charge in [-0.25, -0.2) is 0 Å². The van der Waals surface area contributed by atoms with Crippen molar-refractivity contribution in [2.45, 2.75) is 19.1 Å². The van der Waals surface area contributed by atoms with Gasteiger partial charge in [0.2, 0.25) is 0 Å². The number of rotatable bonds is 7. The SMILES string of the molecule is CSCC(C)(O)CNC(=O)c1cn(CCN)nn1. The van der Waals surface area contributed by atoms with Crippen molar-refractivity contribution in [1.29, 1.82) is 0 Å². The number of carbonyl (C=O) groups excluding carboxylic acids is 1. The highest BCUT2D eigenvalue weighted by atomic mass is 32.2. The van der Waals surface area contributed by atoms with Crippen LogP contribution in [0, 0.1) is 0 Å². The maximum absolute atomic E-state index is 11.7. The summed E-state index contributed by atoms with van der Waals surface area (Å²) in [6.45, 7) is 2.81. The monoisotopic (exact) mass is 273 g/mol. The molecule has 0 saturated carbocycles. The molecule has 0 aliphatic rings. The van der Waals surface area contributed by atoms with E-state index in [9.17, 15) is 9.90 Å². The van der Waals surface area contributed by atoms with Crippen molar-refractivity contribution in [2.75, 3.05) is 25.1 Å². The summed E-state index contributed by atoms with van der Waals surface area (Å²) in [5, 5.41) is 20.0. The van der Waals surface area contributed by atoms with Crippen LogP contribution in [0.25, 0.3) is 0 Å². The van der Waals surface area contributed by atoms with Crippen molar-refractivity contribution >= 4 is 17.7 Å². The number of amides is 1. The van der Waals surface area contributed by atoms with Gasteiger partial charge in [-0.1, -0.05) is 5.21 Å². The number of hydrogen-bond acceptors (Lipinski definition) is 6. The second kappa shape index (κ2) is 6.72. The Kier molecular flexibility index (Phi) is 5.57. The number of nitrogens with two attached hydrogens (primary N) is 1. The third-order valence-corrected chi connectivity index (χ3v) is 3.13. The Morgan fingerprint density at radius 2 is 2.44 bits per heavy atom. The molecule has 8 heteroatoms. The van der Waals surface area contributed by atoms with Crippen molar-refractivity contribution in [2.24, 2.45) is 5.73 Å². The second-order valence-corrected chi connectivity index (χ2v) is 5.13. The van der Waals surface area contributed by atoms with Gasteiger partial charge in [0.15, 0.2) is 5.69 Å². The lowest BCUT2D eigenvalue weighted by Gasteiger charge is -2.22. The molecule has 0 fully saturated rings. The molecule has 1 aromatic rings. The van der Waals surface area contributed by atoms with Gasteiger partial charge in [-0.3, -0.25) is 9.48 Å². The average molecular weight is 273 g/mol. The summed E-state index contributed by atoms with van der Waals surface area (Å²) in [7, 11) is 0. The van der Waals surface area contributed by atoms with Crippen molar-refractivity contribution in [3.8, 4) is 0 Å². The van der Waals surface area contributed by atoms with E-state index < -0.39 is 5.60 Å². The van der Waals surface area contributed by atoms with Gasteiger partial charge in [0.05, 0.1) is 18.3 Å². The molecule has 102 valence electrons. The number of hydrogen-bond donors (Lipinski definition) is 3. The summed E-state index contributed by atoms with van der Waals surface area (Å²) < 4.78 is 1.51. The number of nitrogens with zero attached hydrogens (tertiary/aromatic N) is 3. The molecule has 1 unspecified atom stereocenters. The molecule has 7 nitrogen and oxygen atoms in total. The highest BCUT2D eigenvalue weighted by Gasteiger charge is 2.21. The Hall–Kier alpha value is -1.12. The third kappa shape index (κ3) is 4.63. The molecule has 0 aromatic carbocycles. The lowest BCUT2D eigenvalue weighted by molar-refractivity contribution is 0.0722. The van der Waals surface area contributed by atoms with E-state index in [1.807, 2.05) is 6.26 Å². The molecule has 4 N–H and O–H groups in total. The molecule has 1 amide bonds.